The maximum atomic E-state index is 12.1. The number of benzene rings is 1. The third-order valence-corrected chi connectivity index (χ3v) is 3.35. The van der Waals surface area contributed by atoms with Crippen molar-refractivity contribution in [3.8, 4) is 11.4 Å². The van der Waals surface area contributed by atoms with Gasteiger partial charge in [0.25, 0.3) is 0 Å². The van der Waals surface area contributed by atoms with Crippen LogP contribution in [0.4, 0.5) is 0 Å². The van der Waals surface area contributed by atoms with Crippen molar-refractivity contribution in [2.45, 2.75) is 20.8 Å². The molecular formula is C13H12N4O2. The number of aromatic nitrogens is 4. The molecule has 6 heteroatoms. The lowest BCUT2D eigenvalue weighted by molar-refractivity contribution is 0.561. The molecule has 19 heavy (non-hydrogen) atoms. The summed E-state index contributed by atoms with van der Waals surface area (Å²) in [6.45, 7) is 5.87. The lowest BCUT2D eigenvalue weighted by Crippen LogP contribution is -2.07. The Bertz CT molecular complexity index is 819. The van der Waals surface area contributed by atoms with Gasteiger partial charge < -0.3 is 4.42 Å². The quantitative estimate of drug-likeness (QED) is 0.672. The van der Waals surface area contributed by atoms with E-state index in [9.17, 15) is 4.79 Å². The number of nitrogens with one attached hydrogen (secondary N) is 1. The van der Waals surface area contributed by atoms with Crippen molar-refractivity contribution in [2.24, 2.45) is 0 Å². The van der Waals surface area contributed by atoms with Gasteiger partial charge in [0.05, 0.1) is 0 Å². The Balaban J connectivity index is 2.43. The summed E-state index contributed by atoms with van der Waals surface area (Å²) >= 11 is 0. The van der Waals surface area contributed by atoms with Gasteiger partial charge in [0.2, 0.25) is 5.82 Å². The van der Waals surface area contributed by atoms with Crippen LogP contribution in [-0.4, -0.2) is 20.6 Å². The van der Waals surface area contributed by atoms with Crippen LogP contribution in [0.15, 0.2) is 21.3 Å². The second kappa shape index (κ2) is 4.01. The van der Waals surface area contributed by atoms with Gasteiger partial charge in [-0.25, -0.2) is 4.79 Å². The number of aryl methyl sites for hydroxylation is 3. The van der Waals surface area contributed by atoms with Gasteiger partial charge in [0.15, 0.2) is 0 Å². The molecule has 0 unspecified atom stereocenters. The summed E-state index contributed by atoms with van der Waals surface area (Å²) in [4.78, 5) is 12.1. The molecule has 0 aliphatic heterocycles. The van der Waals surface area contributed by atoms with E-state index < -0.39 is 5.63 Å². The minimum absolute atomic E-state index is 0.256. The minimum Gasteiger partial charge on any atom is -0.422 e. The van der Waals surface area contributed by atoms with Crippen LogP contribution in [0.3, 0.4) is 0 Å². The van der Waals surface area contributed by atoms with Gasteiger partial charge in [-0.15, -0.1) is 10.2 Å². The zero-order chi connectivity index (χ0) is 13.6. The summed E-state index contributed by atoms with van der Waals surface area (Å²) in [5, 5.41) is 14.4. The summed E-state index contributed by atoms with van der Waals surface area (Å²) in [7, 11) is 0. The van der Waals surface area contributed by atoms with Gasteiger partial charge in [-0.1, -0.05) is 0 Å². The number of hydrogen-bond donors (Lipinski definition) is 1. The molecule has 0 aliphatic rings. The summed E-state index contributed by atoms with van der Waals surface area (Å²) < 4.78 is 5.36. The molecule has 0 amide bonds. The largest absolute Gasteiger partial charge is 0.422 e. The first-order valence-corrected chi connectivity index (χ1v) is 5.86. The third kappa shape index (κ3) is 1.72. The van der Waals surface area contributed by atoms with Crippen molar-refractivity contribution in [1.82, 2.24) is 20.6 Å². The monoisotopic (exact) mass is 256 g/mol. The van der Waals surface area contributed by atoms with Crippen molar-refractivity contribution in [1.29, 1.82) is 0 Å². The third-order valence-electron chi connectivity index (χ3n) is 3.35. The normalized spacial score (nSPS) is 11.1. The Morgan fingerprint density at radius 1 is 1.16 bits per heavy atom. The van der Waals surface area contributed by atoms with E-state index in [0.29, 0.717) is 11.1 Å². The average molecular weight is 256 g/mol. The van der Waals surface area contributed by atoms with Crippen molar-refractivity contribution in [2.75, 3.05) is 0 Å². The van der Waals surface area contributed by atoms with Crippen LogP contribution in [0.1, 0.15) is 16.7 Å². The van der Waals surface area contributed by atoms with Crippen LogP contribution in [-0.2, 0) is 0 Å². The molecule has 0 saturated heterocycles. The molecule has 2 heterocycles. The number of nitrogens with zero attached hydrogens (tertiary/aromatic N) is 3. The lowest BCUT2D eigenvalue weighted by atomic mass is 10.0. The highest BCUT2D eigenvalue weighted by atomic mass is 16.4. The van der Waals surface area contributed by atoms with E-state index in [0.717, 1.165) is 22.1 Å². The van der Waals surface area contributed by atoms with Crippen molar-refractivity contribution < 1.29 is 4.42 Å². The highest BCUT2D eigenvalue weighted by Crippen LogP contribution is 2.26. The fourth-order valence-electron chi connectivity index (χ4n) is 2.13. The zero-order valence-electron chi connectivity index (χ0n) is 10.8. The number of fused-ring (bicyclic) bond motifs is 1. The summed E-state index contributed by atoms with van der Waals surface area (Å²) in [6, 6.07) is 3.88. The average Bonchev–Trinajstić information content (AvgIpc) is 2.86. The highest BCUT2D eigenvalue weighted by Gasteiger charge is 2.17. The van der Waals surface area contributed by atoms with E-state index in [4.69, 9.17) is 4.42 Å². The Morgan fingerprint density at radius 3 is 2.58 bits per heavy atom. The predicted octanol–water partition coefficient (Wildman–Crippen LogP) is 1.90. The molecule has 3 rings (SSSR count). The molecule has 0 saturated carbocycles. The van der Waals surface area contributed by atoms with Crippen LogP contribution in [0.5, 0.6) is 0 Å². The first-order valence-electron chi connectivity index (χ1n) is 5.86. The summed E-state index contributed by atoms with van der Waals surface area (Å²) in [6.07, 6.45) is 0. The Labute approximate surface area is 108 Å². The fourth-order valence-corrected chi connectivity index (χ4v) is 2.13. The first-order chi connectivity index (χ1) is 9.08. The predicted molar refractivity (Wildman–Crippen MR) is 69.9 cm³/mol. The molecule has 1 N–H and O–H groups in total. The van der Waals surface area contributed by atoms with Gasteiger partial charge >= 0.3 is 5.63 Å². The van der Waals surface area contributed by atoms with Crippen molar-refractivity contribution in [3.05, 3.63) is 39.2 Å². The topological polar surface area (TPSA) is 84.7 Å². The van der Waals surface area contributed by atoms with Crippen LogP contribution in [0.25, 0.3) is 22.4 Å². The number of H-pyrrole nitrogens is 1. The number of tetrazole rings is 1. The van der Waals surface area contributed by atoms with Crippen LogP contribution in [0.2, 0.25) is 0 Å². The summed E-state index contributed by atoms with van der Waals surface area (Å²) in [5.41, 5.74) is 3.51. The number of aromatic amines is 1. The van der Waals surface area contributed by atoms with Gasteiger partial charge in [-0.2, -0.15) is 5.21 Å². The van der Waals surface area contributed by atoms with E-state index in [1.165, 1.54) is 0 Å². The van der Waals surface area contributed by atoms with Crippen LogP contribution in [0, 0.1) is 20.8 Å². The molecule has 0 atom stereocenters. The Kier molecular flexibility index (Phi) is 2.45. The number of hydrogen-bond acceptors (Lipinski definition) is 5. The molecule has 1 aromatic carbocycles. The molecule has 3 aromatic rings. The molecule has 0 radical (unpaired) electrons. The van der Waals surface area contributed by atoms with Gasteiger partial charge in [-0.3, -0.25) is 0 Å². The van der Waals surface area contributed by atoms with E-state index in [1.807, 2.05) is 32.9 Å². The van der Waals surface area contributed by atoms with E-state index >= 15 is 0 Å². The molecular weight excluding hydrogens is 244 g/mol. The molecule has 0 bridgehead atoms. The maximum Gasteiger partial charge on any atom is 0.347 e. The van der Waals surface area contributed by atoms with Crippen LogP contribution >= 0.6 is 0 Å². The van der Waals surface area contributed by atoms with Gasteiger partial charge in [0, 0.05) is 5.39 Å². The standard InChI is InChI=1S/C13H12N4O2/c1-6-4-9-8(3)11(12-14-16-17-15-12)13(18)19-10(9)5-7(6)2/h4-5H,1-3H3,(H,14,15,16,17). The lowest BCUT2D eigenvalue weighted by Gasteiger charge is -2.07. The van der Waals surface area contributed by atoms with Gasteiger partial charge in [0.1, 0.15) is 11.1 Å². The van der Waals surface area contributed by atoms with Crippen molar-refractivity contribution >= 4 is 11.0 Å². The second-order valence-electron chi connectivity index (χ2n) is 4.56. The molecule has 2 aromatic heterocycles. The molecule has 6 nitrogen and oxygen atoms in total. The first kappa shape index (κ1) is 11.6. The number of rotatable bonds is 1. The fraction of sp³-hybridized carbons (Fsp3) is 0.231. The van der Waals surface area contributed by atoms with Gasteiger partial charge in [-0.05, 0) is 54.8 Å². The highest BCUT2D eigenvalue weighted by molar-refractivity contribution is 5.86. The van der Waals surface area contributed by atoms with Crippen molar-refractivity contribution in [3.63, 3.8) is 0 Å². The zero-order valence-corrected chi connectivity index (χ0v) is 10.8. The van der Waals surface area contributed by atoms with Crippen LogP contribution < -0.4 is 5.63 Å². The SMILES string of the molecule is Cc1cc2oc(=O)c(-c3nn[nH]n3)c(C)c2cc1C. The molecule has 0 fully saturated rings. The second-order valence-corrected chi connectivity index (χ2v) is 4.56. The Morgan fingerprint density at radius 2 is 1.89 bits per heavy atom. The molecule has 0 aliphatic carbocycles. The molecule has 0 spiro atoms. The maximum absolute atomic E-state index is 12.1. The molecule has 96 valence electrons. The van der Waals surface area contributed by atoms with E-state index in [-0.39, 0.29) is 5.82 Å². The summed E-state index contributed by atoms with van der Waals surface area (Å²) in [5.74, 6) is 0.256. The Hall–Kier alpha value is -2.50. The smallest absolute Gasteiger partial charge is 0.347 e. The van der Waals surface area contributed by atoms with E-state index in [2.05, 4.69) is 20.6 Å². The minimum atomic E-state index is -0.449. The van der Waals surface area contributed by atoms with E-state index in [1.54, 1.807) is 0 Å².